The quantitative estimate of drug-likeness (QED) is 0.860. The summed E-state index contributed by atoms with van der Waals surface area (Å²) in [6.45, 7) is 5.28. The molecule has 21 heavy (non-hydrogen) atoms. The van der Waals surface area contributed by atoms with Crippen molar-refractivity contribution >= 4 is 11.6 Å². The van der Waals surface area contributed by atoms with Crippen LogP contribution < -0.4 is 10.6 Å². The summed E-state index contributed by atoms with van der Waals surface area (Å²) in [5, 5.41) is 0. The lowest BCUT2D eigenvalue weighted by Gasteiger charge is -2.36. The number of amides is 1. The summed E-state index contributed by atoms with van der Waals surface area (Å²) < 4.78 is 0. The maximum Gasteiger partial charge on any atom is 0.234 e. The predicted octanol–water partition coefficient (Wildman–Crippen LogP) is 3.65. The molecule has 116 valence electrons. The zero-order valence-corrected chi connectivity index (χ0v) is 13.4. The molecule has 1 amide bonds. The number of anilines is 1. The van der Waals surface area contributed by atoms with E-state index in [4.69, 9.17) is 5.73 Å². The maximum absolute atomic E-state index is 13.2. The number of carbonyl (C=O) groups is 1. The summed E-state index contributed by atoms with van der Waals surface area (Å²) in [5.74, 6) is 0.226. The van der Waals surface area contributed by atoms with Gasteiger partial charge in [0.15, 0.2) is 0 Å². The lowest BCUT2D eigenvalue weighted by atomic mass is 9.78. The van der Waals surface area contributed by atoms with Gasteiger partial charge < -0.3 is 10.6 Å². The molecular formula is C18H28N2O. The molecule has 2 rings (SSSR count). The van der Waals surface area contributed by atoms with E-state index in [1.54, 1.807) is 0 Å². The van der Waals surface area contributed by atoms with Crippen molar-refractivity contribution in [3.05, 3.63) is 29.8 Å². The van der Waals surface area contributed by atoms with Gasteiger partial charge in [0.1, 0.15) is 0 Å². The fourth-order valence-corrected chi connectivity index (χ4v) is 3.49. The highest BCUT2D eigenvalue weighted by Crippen LogP contribution is 2.37. The first-order chi connectivity index (χ1) is 10.1. The van der Waals surface area contributed by atoms with Crippen LogP contribution in [0.2, 0.25) is 0 Å². The first-order valence-electron chi connectivity index (χ1n) is 8.22. The fourth-order valence-electron chi connectivity index (χ4n) is 3.49. The highest BCUT2D eigenvalue weighted by molar-refractivity contribution is 5.98. The van der Waals surface area contributed by atoms with Crippen molar-refractivity contribution in [3.63, 3.8) is 0 Å². The van der Waals surface area contributed by atoms with E-state index >= 15 is 0 Å². The molecule has 1 aromatic carbocycles. The third-order valence-electron chi connectivity index (χ3n) is 4.87. The molecule has 0 spiro atoms. The summed E-state index contributed by atoms with van der Waals surface area (Å²) in [6.07, 6.45) is 6.56. The van der Waals surface area contributed by atoms with Gasteiger partial charge in [-0.2, -0.15) is 0 Å². The molecule has 0 unspecified atom stereocenters. The number of para-hydroxylation sites is 1. The van der Waals surface area contributed by atoms with Crippen molar-refractivity contribution in [1.82, 2.24) is 0 Å². The standard InChI is InChI=1S/C18H28N2O/c1-3-20(16-11-7-6-10-15(16)2)17(21)18(14-19)12-8-4-5-9-13-18/h6-7,10-11H,3-5,8-9,12-14,19H2,1-2H3. The molecule has 3 heteroatoms. The van der Waals surface area contributed by atoms with E-state index in [9.17, 15) is 4.79 Å². The fraction of sp³-hybridized carbons (Fsp3) is 0.611. The second-order valence-corrected chi connectivity index (χ2v) is 6.23. The number of hydrogen-bond acceptors (Lipinski definition) is 2. The Morgan fingerprint density at radius 1 is 1.19 bits per heavy atom. The molecule has 1 saturated carbocycles. The first-order valence-corrected chi connectivity index (χ1v) is 8.22. The van der Waals surface area contributed by atoms with Gasteiger partial charge in [0.2, 0.25) is 5.91 Å². The molecule has 1 aliphatic rings. The van der Waals surface area contributed by atoms with Crippen molar-refractivity contribution in [3.8, 4) is 0 Å². The number of benzene rings is 1. The molecule has 1 aliphatic carbocycles. The van der Waals surface area contributed by atoms with Crippen molar-refractivity contribution < 1.29 is 4.79 Å². The van der Waals surface area contributed by atoms with Crippen LogP contribution in [0.25, 0.3) is 0 Å². The van der Waals surface area contributed by atoms with Crippen LogP contribution in [0.4, 0.5) is 5.69 Å². The van der Waals surface area contributed by atoms with Gasteiger partial charge in [0, 0.05) is 18.8 Å². The number of nitrogens with zero attached hydrogens (tertiary/aromatic N) is 1. The van der Waals surface area contributed by atoms with Crippen molar-refractivity contribution in [1.29, 1.82) is 0 Å². The number of nitrogens with two attached hydrogens (primary N) is 1. The van der Waals surface area contributed by atoms with E-state index < -0.39 is 0 Å². The van der Waals surface area contributed by atoms with E-state index in [0.29, 0.717) is 13.1 Å². The normalized spacial score (nSPS) is 18.0. The predicted molar refractivity (Wildman–Crippen MR) is 88.4 cm³/mol. The average Bonchev–Trinajstić information content (AvgIpc) is 2.76. The van der Waals surface area contributed by atoms with Gasteiger partial charge in [-0.15, -0.1) is 0 Å². The molecule has 2 N–H and O–H groups in total. The maximum atomic E-state index is 13.2. The minimum absolute atomic E-state index is 0.226. The Morgan fingerprint density at radius 2 is 1.81 bits per heavy atom. The third-order valence-corrected chi connectivity index (χ3v) is 4.87. The summed E-state index contributed by atoms with van der Waals surface area (Å²) >= 11 is 0. The van der Waals surface area contributed by atoms with Crippen LogP contribution in [0.3, 0.4) is 0 Å². The molecule has 3 nitrogen and oxygen atoms in total. The Morgan fingerprint density at radius 3 is 2.33 bits per heavy atom. The topological polar surface area (TPSA) is 46.3 Å². The molecule has 0 aliphatic heterocycles. The molecule has 0 heterocycles. The third kappa shape index (κ3) is 3.29. The highest BCUT2D eigenvalue weighted by atomic mass is 16.2. The Balaban J connectivity index is 2.32. The zero-order chi connectivity index (χ0) is 15.3. The summed E-state index contributed by atoms with van der Waals surface area (Å²) in [6, 6.07) is 8.12. The number of hydrogen-bond donors (Lipinski definition) is 1. The second kappa shape index (κ2) is 7.08. The monoisotopic (exact) mass is 288 g/mol. The van der Waals surface area contributed by atoms with Crippen molar-refractivity contribution in [2.45, 2.75) is 52.4 Å². The second-order valence-electron chi connectivity index (χ2n) is 6.23. The van der Waals surface area contributed by atoms with Crippen LogP contribution in [0.5, 0.6) is 0 Å². The Kier molecular flexibility index (Phi) is 5.40. The van der Waals surface area contributed by atoms with E-state index in [1.807, 2.05) is 30.0 Å². The molecule has 0 saturated heterocycles. The van der Waals surface area contributed by atoms with Crippen molar-refractivity contribution in [2.75, 3.05) is 18.0 Å². The Labute approximate surface area is 128 Å². The van der Waals surface area contributed by atoms with Gasteiger partial charge >= 0.3 is 0 Å². The van der Waals surface area contributed by atoms with Crippen LogP contribution >= 0.6 is 0 Å². The molecule has 1 fully saturated rings. The SMILES string of the molecule is CCN(C(=O)C1(CN)CCCCCC1)c1ccccc1C. The smallest absolute Gasteiger partial charge is 0.234 e. The molecule has 0 aromatic heterocycles. The number of carbonyl (C=O) groups excluding carboxylic acids is 1. The van der Waals surface area contributed by atoms with Gasteiger partial charge in [-0.25, -0.2) is 0 Å². The summed E-state index contributed by atoms with van der Waals surface area (Å²) in [7, 11) is 0. The Bertz CT molecular complexity index is 476. The molecule has 0 radical (unpaired) electrons. The van der Waals surface area contributed by atoms with Crippen LogP contribution in [0.1, 0.15) is 51.0 Å². The zero-order valence-electron chi connectivity index (χ0n) is 13.4. The molecule has 0 bridgehead atoms. The average molecular weight is 288 g/mol. The summed E-state index contributed by atoms with van der Waals surface area (Å²) in [4.78, 5) is 15.2. The van der Waals surface area contributed by atoms with Crippen LogP contribution in [0, 0.1) is 12.3 Å². The first kappa shape index (κ1) is 16.0. The molecule has 0 atom stereocenters. The minimum Gasteiger partial charge on any atom is -0.329 e. The highest BCUT2D eigenvalue weighted by Gasteiger charge is 2.40. The van der Waals surface area contributed by atoms with Gasteiger partial charge in [-0.05, 0) is 38.3 Å². The minimum atomic E-state index is -0.352. The van der Waals surface area contributed by atoms with E-state index in [1.165, 1.54) is 12.8 Å². The van der Waals surface area contributed by atoms with Gasteiger partial charge in [-0.3, -0.25) is 4.79 Å². The largest absolute Gasteiger partial charge is 0.329 e. The molecule has 1 aromatic rings. The Hall–Kier alpha value is -1.35. The van der Waals surface area contributed by atoms with Gasteiger partial charge in [0.25, 0.3) is 0 Å². The van der Waals surface area contributed by atoms with Crippen LogP contribution in [-0.4, -0.2) is 19.0 Å². The molecular weight excluding hydrogens is 260 g/mol. The van der Waals surface area contributed by atoms with E-state index in [2.05, 4.69) is 13.0 Å². The van der Waals surface area contributed by atoms with E-state index in [0.717, 1.165) is 36.9 Å². The lowest BCUT2D eigenvalue weighted by molar-refractivity contribution is -0.128. The van der Waals surface area contributed by atoms with Crippen molar-refractivity contribution in [2.24, 2.45) is 11.1 Å². The van der Waals surface area contributed by atoms with Crippen LogP contribution in [0.15, 0.2) is 24.3 Å². The number of aryl methyl sites for hydroxylation is 1. The van der Waals surface area contributed by atoms with Gasteiger partial charge in [0.05, 0.1) is 5.41 Å². The summed E-state index contributed by atoms with van der Waals surface area (Å²) in [5.41, 5.74) is 7.89. The number of rotatable bonds is 4. The van der Waals surface area contributed by atoms with Crippen LogP contribution in [-0.2, 0) is 4.79 Å². The van der Waals surface area contributed by atoms with Gasteiger partial charge in [-0.1, -0.05) is 43.9 Å². The van der Waals surface area contributed by atoms with E-state index in [-0.39, 0.29) is 11.3 Å². The lowest BCUT2D eigenvalue weighted by Crippen LogP contribution is -2.48.